The number of benzene rings is 7. The summed E-state index contributed by atoms with van der Waals surface area (Å²) in [6, 6.07) is 68.6. The molecule has 0 unspecified atom stereocenters. The first-order valence-corrected chi connectivity index (χ1v) is 18.9. The van der Waals surface area contributed by atoms with Crippen LogP contribution in [0.1, 0.15) is 0 Å². The van der Waals surface area contributed by atoms with Crippen LogP contribution >= 0.6 is 0 Å². The summed E-state index contributed by atoms with van der Waals surface area (Å²) in [6.45, 7) is 0. The summed E-state index contributed by atoms with van der Waals surface area (Å²) in [5.41, 5.74) is 9.69. The Morgan fingerprint density at radius 3 is 1.02 bits per heavy atom. The Kier molecular flexibility index (Phi) is 6.53. The van der Waals surface area contributed by atoms with Crippen LogP contribution in [-0.4, -0.2) is 28.2 Å². The van der Waals surface area contributed by atoms with E-state index in [-0.39, 0.29) is 0 Å². The number of fused-ring (bicyclic) bond motifs is 10. The molecule has 0 saturated carbocycles. The van der Waals surface area contributed by atoms with Gasteiger partial charge in [0.15, 0.2) is 5.82 Å². The molecule has 12 rings (SSSR count). The van der Waals surface area contributed by atoms with E-state index in [1.807, 2.05) is 6.07 Å². The summed E-state index contributed by atoms with van der Waals surface area (Å²) in [4.78, 5) is 10.9. The molecule has 0 atom stereocenters. The highest BCUT2D eigenvalue weighted by atomic mass is 15.2. The van der Waals surface area contributed by atoms with Crippen molar-refractivity contribution in [3.63, 3.8) is 0 Å². The summed E-state index contributed by atoms with van der Waals surface area (Å²) in [5.74, 6) is 2.22. The van der Waals surface area contributed by atoms with Crippen LogP contribution in [0.5, 0.6) is 0 Å². The molecule has 0 saturated heterocycles. The van der Waals surface area contributed by atoms with E-state index in [0.29, 0.717) is 5.82 Å². The van der Waals surface area contributed by atoms with E-state index in [1.54, 1.807) is 0 Å². The molecule has 6 nitrogen and oxygen atoms in total. The highest BCUT2D eigenvalue weighted by Crippen LogP contribution is 2.43. The van der Waals surface area contributed by atoms with Gasteiger partial charge in [0, 0.05) is 55.3 Å². The Bertz CT molecular complexity index is 3250. The Balaban J connectivity index is 1.27. The van der Waals surface area contributed by atoms with Gasteiger partial charge >= 0.3 is 0 Å². The molecule has 0 aliphatic heterocycles. The van der Waals surface area contributed by atoms with Gasteiger partial charge in [0.1, 0.15) is 22.9 Å². The molecule has 0 radical (unpaired) electrons. The van der Waals surface area contributed by atoms with Crippen LogP contribution in [0.25, 0.3) is 100 Å². The maximum atomic E-state index is 5.46. The summed E-state index contributed by atoms with van der Waals surface area (Å²) in [7, 11) is 0. The number of rotatable bonds is 5. The quantitative estimate of drug-likeness (QED) is 0.178. The highest BCUT2D eigenvalue weighted by Gasteiger charge is 2.26. The first kappa shape index (κ1) is 30.7. The number of aromatic nitrogens is 6. The second-order valence-corrected chi connectivity index (χ2v) is 14.3. The zero-order valence-electron chi connectivity index (χ0n) is 30.2. The van der Waals surface area contributed by atoms with Crippen LogP contribution in [0.4, 0.5) is 0 Å². The number of hydrogen-bond acceptors (Lipinski definition) is 2. The van der Waals surface area contributed by atoms with Crippen molar-refractivity contribution in [2.45, 2.75) is 0 Å². The lowest BCUT2D eigenvalue weighted by atomic mass is 10.1. The summed E-state index contributed by atoms with van der Waals surface area (Å²) in [5, 5.41) is 7.13. The van der Waals surface area contributed by atoms with Crippen LogP contribution in [0.2, 0.25) is 0 Å². The van der Waals surface area contributed by atoms with Crippen LogP contribution in [-0.2, 0) is 0 Å². The van der Waals surface area contributed by atoms with Crippen molar-refractivity contribution in [2.75, 3.05) is 0 Å². The zero-order chi connectivity index (χ0) is 36.7. The average molecular weight is 717 g/mol. The third-order valence-electron chi connectivity index (χ3n) is 11.2. The second kappa shape index (κ2) is 11.9. The molecule has 5 heterocycles. The molecule has 0 bridgehead atoms. The Morgan fingerprint density at radius 2 is 0.625 bits per heavy atom. The molecule has 5 aromatic heterocycles. The molecule has 0 aliphatic carbocycles. The van der Waals surface area contributed by atoms with Crippen molar-refractivity contribution in [3.8, 4) is 34.4 Å². The fourth-order valence-corrected chi connectivity index (χ4v) is 8.90. The van der Waals surface area contributed by atoms with Gasteiger partial charge in [-0.3, -0.25) is 18.3 Å². The Hall–Kier alpha value is -7.70. The van der Waals surface area contributed by atoms with Gasteiger partial charge in [-0.25, -0.2) is 9.97 Å². The first-order chi connectivity index (χ1) is 27.8. The van der Waals surface area contributed by atoms with Gasteiger partial charge in [0.2, 0.25) is 0 Å². The normalized spacial score (nSPS) is 11.9. The monoisotopic (exact) mass is 716 g/mol. The van der Waals surface area contributed by atoms with E-state index in [0.717, 1.165) is 61.9 Å². The van der Waals surface area contributed by atoms with E-state index in [2.05, 4.69) is 206 Å². The molecule has 0 spiro atoms. The molecule has 6 heteroatoms. The molecule has 7 aromatic carbocycles. The van der Waals surface area contributed by atoms with Crippen molar-refractivity contribution >= 4 is 65.7 Å². The Morgan fingerprint density at radius 1 is 0.304 bits per heavy atom. The summed E-state index contributed by atoms with van der Waals surface area (Å²) < 4.78 is 9.44. The van der Waals surface area contributed by atoms with Gasteiger partial charge in [-0.1, -0.05) is 140 Å². The lowest BCUT2D eigenvalue weighted by molar-refractivity contribution is 0.962. The van der Waals surface area contributed by atoms with Crippen LogP contribution in [0, 0.1) is 0 Å². The third kappa shape index (κ3) is 4.32. The predicted molar refractivity (Wildman–Crippen MR) is 230 cm³/mol. The Labute approximate surface area is 321 Å². The van der Waals surface area contributed by atoms with Gasteiger partial charge in [-0.05, 0) is 48.5 Å². The molecule has 0 N–H and O–H groups in total. The molecule has 0 fully saturated rings. The fourth-order valence-electron chi connectivity index (χ4n) is 8.90. The molecular weight excluding hydrogens is 685 g/mol. The standard InChI is InChI=1S/C50H32N6/c1-4-18-33(19-5-1)48-51-44(55-42-30-16-12-26-38(42)46-36-24-10-14-28-40(36)53(49(46)55)34-20-6-2-7-21-34)32-45(52-48)56-43-31-17-13-27-39(43)47-37-25-11-15-29-41(37)54(50(47)56)35-22-8-3-9-23-35/h1-32H. The van der Waals surface area contributed by atoms with Gasteiger partial charge in [-0.2, -0.15) is 0 Å². The number of hydrogen-bond donors (Lipinski definition) is 0. The van der Waals surface area contributed by atoms with E-state index < -0.39 is 0 Å². The van der Waals surface area contributed by atoms with Crippen LogP contribution in [0.15, 0.2) is 194 Å². The van der Waals surface area contributed by atoms with E-state index in [9.17, 15) is 0 Å². The summed E-state index contributed by atoms with van der Waals surface area (Å²) >= 11 is 0. The number of para-hydroxylation sites is 6. The lowest BCUT2D eigenvalue weighted by Crippen LogP contribution is -2.09. The molecule has 0 amide bonds. The highest BCUT2D eigenvalue weighted by molar-refractivity contribution is 6.23. The van der Waals surface area contributed by atoms with E-state index in [1.165, 1.54) is 32.3 Å². The molecule has 56 heavy (non-hydrogen) atoms. The minimum absolute atomic E-state index is 0.653. The zero-order valence-corrected chi connectivity index (χ0v) is 30.2. The number of nitrogens with zero attached hydrogens (tertiary/aromatic N) is 6. The minimum Gasteiger partial charge on any atom is -0.295 e. The summed E-state index contributed by atoms with van der Waals surface area (Å²) in [6.07, 6.45) is 0. The fraction of sp³-hybridized carbons (Fsp3) is 0. The molecule has 262 valence electrons. The SMILES string of the molecule is c1ccc(-c2nc(-n3c4ccccc4c4c5ccccc5n(-c5ccccc5)c43)cc(-n3c4ccccc4c4c5ccccc5n(-c5ccccc5)c43)n2)cc1. The predicted octanol–water partition coefficient (Wildman–Crippen LogP) is 12.2. The van der Waals surface area contributed by atoms with E-state index >= 15 is 0 Å². The van der Waals surface area contributed by atoms with Gasteiger partial charge < -0.3 is 0 Å². The maximum absolute atomic E-state index is 5.46. The van der Waals surface area contributed by atoms with Gasteiger partial charge in [0.05, 0.1) is 22.1 Å². The molecular formula is C50H32N6. The van der Waals surface area contributed by atoms with E-state index in [4.69, 9.17) is 9.97 Å². The van der Waals surface area contributed by atoms with Crippen molar-refractivity contribution in [1.82, 2.24) is 28.2 Å². The van der Waals surface area contributed by atoms with Crippen molar-refractivity contribution in [1.29, 1.82) is 0 Å². The average Bonchev–Trinajstić information content (AvgIpc) is 3.99. The van der Waals surface area contributed by atoms with Gasteiger partial charge in [0.25, 0.3) is 0 Å². The topological polar surface area (TPSA) is 45.5 Å². The third-order valence-corrected chi connectivity index (χ3v) is 11.2. The lowest BCUT2D eigenvalue weighted by Gasteiger charge is -2.16. The smallest absolute Gasteiger partial charge is 0.163 e. The molecule has 0 aliphatic rings. The van der Waals surface area contributed by atoms with Crippen molar-refractivity contribution < 1.29 is 0 Å². The molecule has 12 aromatic rings. The van der Waals surface area contributed by atoms with Crippen molar-refractivity contribution in [2.24, 2.45) is 0 Å². The largest absolute Gasteiger partial charge is 0.295 e. The first-order valence-electron chi connectivity index (χ1n) is 18.9. The van der Waals surface area contributed by atoms with Crippen molar-refractivity contribution in [3.05, 3.63) is 194 Å². The minimum atomic E-state index is 0.653. The van der Waals surface area contributed by atoms with Crippen LogP contribution < -0.4 is 0 Å². The van der Waals surface area contributed by atoms with Crippen LogP contribution in [0.3, 0.4) is 0 Å². The second-order valence-electron chi connectivity index (χ2n) is 14.3. The van der Waals surface area contributed by atoms with Gasteiger partial charge in [-0.15, -0.1) is 0 Å². The maximum Gasteiger partial charge on any atom is 0.163 e.